The van der Waals surface area contributed by atoms with Crippen LogP contribution in [-0.2, 0) is 16.2 Å². The van der Waals surface area contributed by atoms with Gasteiger partial charge in [0.1, 0.15) is 18.4 Å². The summed E-state index contributed by atoms with van der Waals surface area (Å²) in [6.07, 6.45) is 14.2. The molecule has 3 aliphatic rings. The second-order valence-electron chi connectivity index (χ2n) is 15.9. The molecular formula is C37H51N5O3Si. The zero-order valence-corrected chi connectivity index (χ0v) is 30.2. The van der Waals surface area contributed by atoms with E-state index in [2.05, 4.69) is 102 Å². The second-order valence-corrected chi connectivity index (χ2v) is 21.5. The monoisotopic (exact) mass is 641 g/mol. The van der Waals surface area contributed by atoms with Gasteiger partial charge in [-0.3, -0.25) is 4.79 Å². The Morgan fingerprint density at radius 1 is 1.13 bits per heavy atom. The minimum absolute atomic E-state index is 0.144. The van der Waals surface area contributed by atoms with Gasteiger partial charge in [0.15, 0.2) is 5.69 Å². The van der Waals surface area contributed by atoms with Crippen LogP contribution in [0.15, 0.2) is 42.6 Å². The number of aromatic nitrogens is 3. The number of carbonyl (C=O) groups excluding carboxylic acids is 1. The molecule has 9 heteroatoms. The summed E-state index contributed by atoms with van der Waals surface area (Å²) in [5, 5.41) is 12.7. The van der Waals surface area contributed by atoms with E-state index in [1.165, 1.54) is 5.57 Å². The topological polar surface area (TPSA) is 102 Å². The van der Waals surface area contributed by atoms with Gasteiger partial charge in [0, 0.05) is 27.3 Å². The molecule has 246 valence electrons. The lowest BCUT2D eigenvalue weighted by Crippen LogP contribution is -2.45. The van der Waals surface area contributed by atoms with Crippen molar-refractivity contribution in [2.24, 2.45) is 17.3 Å². The first-order chi connectivity index (χ1) is 21.6. The van der Waals surface area contributed by atoms with Gasteiger partial charge >= 0.3 is 0 Å². The SMILES string of the molecule is CC(C)C12C=CC(C(C)C)(CC(c3ccc(NC(=O)c4nc(C#N)cn4COCC[Si](C)(C)C)c(C4=CCC(C)(C)CC4)n3)=C1)O2. The summed E-state index contributed by atoms with van der Waals surface area (Å²) in [4.78, 5) is 23.4. The molecule has 1 aliphatic carbocycles. The maximum absolute atomic E-state index is 13.8. The summed E-state index contributed by atoms with van der Waals surface area (Å²) in [5.41, 5.74) is 4.20. The smallest absolute Gasteiger partial charge is 0.291 e. The molecule has 1 amide bonds. The number of amides is 1. The Morgan fingerprint density at radius 2 is 1.89 bits per heavy atom. The Labute approximate surface area is 276 Å². The van der Waals surface area contributed by atoms with Gasteiger partial charge in [-0.25, -0.2) is 9.97 Å². The van der Waals surface area contributed by atoms with Crippen molar-refractivity contribution in [2.75, 3.05) is 11.9 Å². The fourth-order valence-corrected chi connectivity index (χ4v) is 7.12. The van der Waals surface area contributed by atoms with Crippen LogP contribution < -0.4 is 5.32 Å². The molecule has 2 unspecified atom stereocenters. The maximum Gasteiger partial charge on any atom is 0.291 e. The largest absolute Gasteiger partial charge is 0.361 e. The molecule has 4 heterocycles. The maximum atomic E-state index is 13.8. The molecule has 2 aliphatic heterocycles. The highest BCUT2D eigenvalue weighted by Crippen LogP contribution is 2.51. The number of imidazole rings is 1. The van der Waals surface area contributed by atoms with Crippen molar-refractivity contribution in [2.45, 2.75) is 111 Å². The van der Waals surface area contributed by atoms with Gasteiger partial charge in [-0.15, -0.1) is 0 Å². The molecule has 1 N–H and O–H groups in total. The van der Waals surface area contributed by atoms with Crippen LogP contribution in [0.1, 0.15) is 94.9 Å². The predicted molar refractivity (Wildman–Crippen MR) is 187 cm³/mol. The molecule has 0 saturated heterocycles. The molecule has 8 nitrogen and oxygen atoms in total. The number of allylic oxidation sites excluding steroid dienone is 2. The Hall–Kier alpha value is -3.32. The highest BCUT2D eigenvalue weighted by Gasteiger charge is 2.51. The van der Waals surface area contributed by atoms with Crippen LogP contribution in [0.3, 0.4) is 0 Å². The third kappa shape index (κ3) is 7.14. The zero-order valence-electron chi connectivity index (χ0n) is 29.2. The van der Waals surface area contributed by atoms with E-state index < -0.39 is 19.6 Å². The molecular weight excluding hydrogens is 591 g/mol. The van der Waals surface area contributed by atoms with Gasteiger partial charge in [0.25, 0.3) is 5.91 Å². The minimum atomic E-state index is -1.27. The first-order valence-electron chi connectivity index (χ1n) is 16.7. The Morgan fingerprint density at radius 3 is 2.52 bits per heavy atom. The van der Waals surface area contributed by atoms with Gasteiger partial charge in [-0.05, 0) is 78.0 Å². The fraction of sp³-hybridized carbons (Fsp3) is 0.568. The Kier molecular flexibility index (Phi) is 9.40. The van der Waals surface area contributed by atoms with Crippen LogP contribution >= 0.6 is 0 Å². The first-order valence-corrected chi connectivity index (χ1v) is 20.5. The average Bonchev–Trinajstić information content (AvgIpc) is 3.54. The van der Waals surface area contributed by atoms with Crippen molar-refractivity contribution in [1.82, 2.24) is 14.5 Å². The second kappa shape index (κ2) is 12.7. The van der Waals surface area contributed by atoms with Gasteiger partial charge in [0.2, 0.25) is 5.82 Å². The quantitative estimate of drug-likeness (QED) is 0.150. The van der Waals surface area contributed by atoms with E-state index in [-0.39, 0.29) is 35.2 Å². The van der Waals surface area contributed by atoms with Crippen molar-refractivity contribution in [1.29, 1.82) is 5.26 Å². The number of pyridine rings is 1. The highest BCUT2D eigenvalue weighted by atomic mass is 28.3. The third-order valence-electron chi connectivity index (χ3n) is 9.81. The molecule has 46 heavy (non-hydrogen) atoms. The summed E-state index contributed by atoms with van der Waals surface area (Å²) >= 11 is 0. The summed E-state index contributed by atoms with van der Waals surface area (Å²) in [6, 6.07) is 7.06. The van der Waals surface area contributed by atoms with E-state index in [9.17, 15) is 10.1 Å². The van der Waals surface area contributed by atoms with E-state index in [0.29, 0.717) is 18.2 Å². The van der Waals surface area contributed by atoms with E-state index in [1.54, 1.807) is 10.8 Å². The molecule has 5 rings (SSSR count). The normalized spacial score (nSPS) is 23.8. The van der Waals surface area contributed by atoms with Gasteiger partial charge < -0.3 is 19.4 Å². The molecule has 0 spiro atoms. The lowest BCUT2D eigenvalue weighted by atomic mass is 9.77. The van der Waals surface area contributed by atoms with Crippen molar-refractivity contribution in [3.63, 3.8) is 0 Å². The van der Waals surface area contributed by atoms with E-state index in [0.717, 1.165) is 48.7 Å². The van der Waals surface area contributed by atoms with E-state index >= 15 is 0 Å². The number of nitrogens with zero attached hydrogens (tertiary/aromatic N) is 4. The number of ether oxygens (including phenoxy) is 2. The minimum Gasteiger partial charge on any atom is -0.361 e. The zero-order chi connectivity index (χ0) is 33.5. The number of nitriles is 1. The van der Waals surface area contributed by atoms with Crippen molar-refractivity contribution < 1.29 is 14.3 Å². The van der Waals surface area contributed by atoms with Crippen LogP contribution in [0.2, 0.25) is 25.7 Å². The number of carbonyl (C=O) groups is 1. The molecule has 2 aromatic heterocycles. The number of nitrogens with one attached hydrogen (secondary N) is 1. The summed E-state index contributed by atoms with van der Waals surface area (Å²) < 4.78 is 14.3. The third-order valence-corrected chi connectivity index (χ3v) is 11.5. The van der Waals surface area contributed by atoms with Gasteiger partial charge in [-0.1, -0.05) is 73.3 Å². The summed E-state index contributed by atoms with van der Waals surface area (Å²) in [6.45, 7) is 21.1. The number of hydrogen-bond acceptors (Lipinski definition) is 6. The number of hydrogen-bond donors (Lipinski definition) is 1. The van der Waals surface area contributed by atoms with Gasteiger partial charge in [0.05, 0.1) is 22.7 Å². The Balaban J connectivity index is 1.48. The van der Waals surface area contributed by atoms with Gasteiger partial charge in [-0.2, -0.15) is 5.26 Å². The number of anilines is 1. The first kappa shape index (κ1) is 34.0. The Bertz CT molecular complexity index is 1620. The molecule has 0 fully saturated rings. The standard InChI is InChI=1S/C37H51N5O3Si/c1-25(2)36-16-17-37(45-36,26(3)4)21-28(20-36)30-10-11-31(32(40-30)27-12-14-35(5,6)15-13-27)41-34(43)33-39-29(22-38)23-42(33)24-44-18-19-46(7,8)9/h10-12,16-17,20,23,25-26H,13-15,18-19,21,24H2,1-9H3,(H,41,43). The molecule has 2 aromatic rings. The molecule has 2 atom stereocenters. The molecule has 2 bridgehead atoms. The van der Waals surface area contributed by atoms with E-state index in [4.69, 9.17) is 14.5 Å². The van der Waals surface area contributed by atoms with Crippen LogP contribution in [0, 0.1) is 28.6 Å². The number of fused-ring (bicyclic) bond motifs is 2. The number of rotatable bonds is 11. The highest BCUT2D eigenvalue weighted by molar-refractivity contribution is 6.76. The molecule has 0 aromatic carbocycles. The average molecular weight is 642 g/mol. The summed E-state index contributed by atoms with van der Waals surface area (Å²) in [5.74, 6) is 0.317. The lowest BCUT2D eigenvalue weighted by Gasteiger charge is -2.43. The lowest BCUT2D eigenvalue weighted by molar-refractivity contribution is -0.110. The van der Waals surface area contributed by atoms with Crippen LogP contribution in [-0.4, -0.2) is 46.3 Å². The van der Waals surface area contributed by atoms with Crippen LogP contribution in [0.5, 0.6) is 0 Å². The van der Waals surface area contributed by atoms with E-state index in [1.807, 2.05) is 12.1 Å². The molecule has 0 saturated carbocycles. The van der Waals surface area contributed by atoms with Crippen molar-refractivity contribution >= 4 is 30.8 Å². The van der Waals surface area contributed by atoms with Crippen LogP contribution in [0.25, 0.3) is 11.1 Å². The van der Waals surface area contributed by atoms with Crippen LogP contribution in [0.4, 0.5) is 5.69 Å². The predicted octanol–water partition coefficient (Wildman–Crippen LogP) is 8.47. The van der Waals surface area contributed by atoms with Crippen molar-refractivity contribution in [3.05, 3.63) is 65.5 Å². The fourth-order valence-electron chi connectivity index (χ4n) is 6.36. The summed E-state index contributed by atoms with van der Waals surface area (Å²) in [7, 11) is -1.27. The van der Waals surface area contributed by atoms with Crippen molar-refractivity contribution in [3.8, 4) is 6.07 Å². The molecule has 0 radical (unpaired) electrons.